The highest BCUT2D eigenvalue weighted by molar-refractivity contribution is 6.29. The number of carbonyl (C=O) groups is 4. The van der Waals surface area contributed by atoms with Gasteiger partial charge in [-0.1, -0.05) is 66.4 Å². The average molecular weight is 1260 g/mol. The molecule has 12 rings (SSSR count). The number of ketones is 2. The topological polar surface area (TPSA) is 378 Å². The van der Waals surface area contributed by atoms with Crippen LogP contribution in [0, 0.1) is 29.6 Å². The monoisotopic (exact) mass is 1250 g/mol. The number of allylic oxidation sites excluding steroid dienone is 1. The summed E-state index contributed by atoms with van der Waals surface area (Å²) in [6, 6.07) is 20.0. The number of anilines is 1. The van der Waals surface area contributed by atoms with Crippen LogP contribution in [0.4, 0.5) is 5.69 Å². The van der Waals surface area contributed by atoms with Crippen molar-refractivity contribution in [2.45, 2.75) is 131 Å². The number of amides is 1. The Morgan fingerprint density at radius 1 is 0.956 bits per heavy atom. The molecule has 4 aromatic rings. The summed E-state index contributed by atoms with van der Waals surface area (Å²) in [5, 5.41) is 108. The molecule has 3 fully saturated rings. The third-order valence-electron chi connectivity index (χ3n) is 18.7. The minimum atomic E-state index is -2.57. The number of aliphatic hydroxyl groups is 8. The molecular formula is C66H78N8O17. The van der Waals surface area contributed by atoms with Crippen LogP contribution in [-0.4, -0.2) is 191 Å². The SMILES string of the molecule is CC(O)CNNC1=CC(C2COC3C4Oc5c(cc6c(c5OCC(O)CC=O)C(=O)c5cc(CO)ccc5C6=O)C(c5ccccc5N5CNC6C(=O)NC(N)NC65)C5CCC(O)C(C#CC(O)(C(COC5)O4)C3O)Cc3cccc(c3)C(CCO)C2O)=CCN1. The summed E-state index contributed by atoms with van der Waals surface area (Å²) < 4.78 is 34.6. The first-order valence-electron chi connectivity index (χ1n) is 31.0. The summed E-state index contributed by atoms with van der Waals surface area (Å²) in [7, 11) is 0. The molecule has 7 heterocycles. The van der Waals surface area contributed by atoms with Gasteiger partial charge in [-0.05, 0) is 96.7 Å². The molecule has 25 heteroatoms. The molecule has 7 aliphatic heterocycles. The zero-order valence-corrected chi connectivity index (χ0v) is 50.1. The summed E-state index contributed by atoms with van der Waals surface area (Å²) in [6.45, 7) is -0.273. The number of hydrogen-bond acceptors (Lipinski definition) is 24. The number of benzene rings is 4. The Morgan fingerprint density at radius 3 is 2.59 bits per heavy atom. The van der Waals surface area contributed by atoms with Crippen LogP contribution in [0.25, 0.3) is 0 Å². The van der Waals surface area contributed by atoms with E-state index in [1.54, 1.807) is 13.0 Å². The highest BCUT2D eigenvalue weighted by atomic mass is 16.7. The van der Waals surface area contributed by atoms with Gasteiger partial charge in [-0.2, -0.15) is 0 Å². The first kappa shape index (κ1) is 63.9. The fourth-order valence-corrected chi connectivity index (χ4v) is 14.0. The fourth-order valence-electron chi connectivity index (χ4n) is 14.0. The van der Waals surface area contributed by atoms with Gasteiger partial charge in [0.05, 0.1) is 69.0 Å². The predicted octanol–water partition coefficient (Wildman–Crippen LogP) is -1.01. The molecule has 91 heavy (non-hydrogen) atoms. The number of ether oxygens (including phenoxy) is 5. The van der Waals surface area contributed by atoms with Crippen molar-refractivity contribution in [3.63, 3.8) is 0 Å². The van der Waals surface area contributed by atoms with E-state index in [1.807, 2.05) is 59.5 Å². The van der Waals surface area contributed by atoms with Crippen molar-refractivity contribution in [2.24, 2.45) is 23.5 Å². The molecule has 8 bridgehead atoms. The normalized spacial score (nSPS) is 31.8. The first-order valence-corrected chi connectivity index (χ1v) is 31.0. The molecule has 25 nitrogen and oxygen atoms in total. The zero-order chi connectivity index (χ0) is 63.8. The van der Waals surface area contributed by atoms with Gasteiger partial charge in [0.15, 0.2) is 28.7 Å². The van der Waals surface area contributed by atoms with E-state index >= 15 is 9.59 Å². The zero-order valence-electron chi connectivity index (χ0n) is 50.1. The van der Waals surface area contributed by atoms with Crippen LogP contribution >= 0.6 is 0 Å². The number of nitrogens with zero attached hydrogens (tertiary/aromatic N) is 1. The Bertz CT molecular complexity index is 3540. The molecule has 1 aliphatic carbocycles. The average Bonchev–Trinajstić information content (AvgIpc) is 1.25. The Morgan fingerprint density at radius 2 is 1.79 bits per heavy atom. The lowest BCUT2D eigenvalue weighted by Crippen LogP contribution is -2.70. The summed E-state index contributed by atoms with van der Waals surface area (Å²) in [5.74, 6) is -0.183. The maximum absolute atomic E-state index is 15.5. The van der Waals surface area contributed by atoms with Crippen LogP contribution in [0.15, 0.2) is 96.3 Å². The molecule has 0 spiro atoms. The molecule has 0 saturated carbocycles. The van der Waals surface area contributed by atoms with Gasteiger partial charge in [-0.15, -0.1) is 0 Å². The van der Waals surface area contributed by atoms with Crippen LogP contribution in [0.5, 0.6) is 11.5 Å². The smallest absolute Gasteiger partial charge is 0.242 e. The molecule has 8 aliphatic rings. The minimum Gasteiger partial charge on any atom is -0.486 e. The van der Waals surface area contributed by atoms with Gasteiger partial charge in [-0.3, -0.25) is 30.8 Å². The second kappa shape index (κ2) is 27.2. The van der Waals surface area contributed by atoms with Gasteiger partial charge in [0.25, 0.3) is 0 Å². The summed E-state index contributed by atoms with van der Waals surface area (Å²) in [6.07, 6.45) is -9.65. The molecule has 17 atom stereocenters. The first-order chi connectivity index (χ1) is 44.0. The maximum atomic E-state index is 15.5. The van der Waals surface area contributed by atoms with E-state index in [1.165, 1.54) is 24.3 Å². The molecule has 16 N–H and O–H groups in total. The third kappa shape index (κ3) is 12.6. The van der Waals surface area contributed by atoms with E-state index in [9.17, 15) is 50.4 Å². The van der Waals surface area contributed by atoms with Crippen molar-refractivity contribution in [2.75, 3.05) is 57.7 Å². The largest absolute Gasteiger partial charge is 0.486 e. The Labute approximate surface area is 524 Å². The van der Waals surface area contributed by atoms with Gasteiger partial charge in [-0.25, -0.2) is 5.43 Å². The lowest BCUT2D eigenvalue weighted by atomic mass is 9.74. The second-order valence-electron chi connectivity index (χ2n) is 24.7. The van der Waals surface area contributed by atoms with Crippen LogP contribution in [0.3, 0.4) is 0 Å². The number of para-hydroxylation sites is 1. The number of nitrogens with two attached hydrogens (primary N) is 1. The van der Waals surface area contributed by atoms with E-state index in [0.29, 0.717) is 45.6 Å². The van der Waals surface area contributed by atoms with Crippen molar-refractivity contribution < 1.29 is 83.7 Å². The molecule has 1 amide bonds. The van der Waals surface area contributed by atoms with Gasteiger partial charge in [0.1, 0.15) is 55.5 Å². The van der Waals surface area contributed by atoms with Crippen molar-refractivity contribution in [3.8, 4) is 23.3 Å². The number of rotatable bonds is 15. The molecule has 4 aromatic carbocycles. The Balaban J connectivity index is 1.11. The van der Waals surface area contributed by atoms with Crippen molar-refractivity contribution in [1.82, 2.24) is 32.1 Å². The maximum Gasteiger partial charge on any atom is 0.242 e. The summed E-state index contributed by atoms with van der Waals surface area (Å²) in [5.41, 5.74) is 12.9. The van der Waals surface area contributed by atoms with Crippen molar-refractivity contribution in [1.29, 1.82) is 0 Å². The number of aliphatic hydroxyl groups excluding tert-OH is 7. The number of nitrogens with one attached hydrogen (secondary N) is 6. The van der Waals surface area contributed by atoms with E-state index in [4.69, 9.17) is 29.4 Å². The van der Waals surface area contributed by atoms with E-state index in [0.717, 1.165) is 0 Å². The number of carbonyl (C=O) groups excluding carboxylic acids is 4. The number of fused-ring (bicyclic) bond motifs is 13. The van der Waals surface area contributed by atoms with Crippen LogP contribution in [0.1, 0.15) is 104 Å². The van der Waals surface area contributed by atoms with Gasteiger partial charge >= 0.3 is 0 Å². The number of aldehydes is 1. The van der Waals surface area contributed by atoms with Gasteiger partial charge in [0, 0.05) is 71.8 Å². The summed E-state index contributed by atoms with van der Waals surface area (Å²) in [4.78, 5) is 58.5. The van der Waals surface area contributed by atoms with Crippen molar-refractivity contribution >= 4 is 29.4 Å². The quantitative estimate of drug-likeness (QED) is 0.0339. The second-order valence-corrected chi connectivity index (χ2v) is 24.7. The Kier molecular flexibility index (Phi) is 19.1. The molecular weight excluding hydrogens is 1180 g/mol. The highest BCUT2D eigenvalue weighted by Gasteiger charge is 2.58. The molecule has 17 unspecified atom stereocenters. The fraction of sp³-hybridized carbons (Fsp3) is 0.485. The molecule has 0 aromatic heterocycles. The van der Waals surface area contributed by atoms with E-state index in [-0.39, 0.29) is 104 Å². The third-order valence-corrected chi connectivity index (χ3v) is 18.7. The van der Waals surface area contributed by atoms with Crippen LogP contribution in [0.2, 0.25) is 0 Å². The number of hydrogen-bond donors (Lipinski definition) is 15. The lowest BCUT2D eigenvalue weighted by molar-refractivity contribution is -0.310. The molecule has 484 valence electrons. The van der Waals surface area contributed by atoms with E-state index < -0.39 is 147 Å². The minimum absolute atomic E-state index is 0.0133. The van der Waals surface area contributed by atoms with Crippen LogP contribution in [-0.2, 0) is 36.8 Å². The van der Waals surface area contributed by atoms with Gasteiger partial charge < -0.3 is 90.3 Å². The van der Waals surface area contributed by atoms with E-state index in [2.05, 4.69) is 44.0 Å². The standard InChI is InChI=1S/C66H78N8O17/c1-33(78)26-70-73-51-24-37(14-18-68-51)47-30-89-60-61(84)66(86)17-13-38(22-34-5-4-6-36(21-34)41(16-20-76)55(47)81)49(80)12-10-39-28-87-31-50(66)90-64(60)91-58-46(52(39)43-7-2-3-8-48(43)74-32-69-54-62(74)71-65(67)72-63(54)85)25-45-53(59(58)88-29-40(79)15-19-75)57(83)44-23-35(27-77)9-11-42(44)56(45)82/h2-9,11,14,19,21,23-25,33,38-41,47,49-50,52,54-55,60-62,64-65,68-71,73,76-81,84,86H,10,12,15-16,18,20,22,26-32,67H2,1H3,(H,72,85). The van der Waals surface area contributed by atoms with Crippen LogP contribution < -0.4 is 52.2 Å². The van der Waals surface area contributed by atoms with Gasteiger partial charge in [0.2, 0.25) is 12.2 Å². The summed E-state index contributed by atoms with van der Waals surface area (Å²) >= 11 is 0. The molecule has 3 saturated heterocycles. The van der Waals surface area contributed by atoms with Crippen molar-refractivity contribution in [3.05, 3.63) is 146 Å². The lowest BCUT2D eigenvalue weighted by Gasteiger charge is -2.47. The number of dihydropyridines is 1. The molecule has 0 radical (unpaired) electrons. The highest BCUT2D eigenvalue weighted by Crippen LogP contribution is 2.53. The number of hydrazine groups is 1. The Hall–Kier alpha value is -7.20. The predicted molar refractivity (Wildman–Crippen MR) is 325 cm³/mol.